The number of hydrogen-bond acceptors (Lipinski definition) is 10. The molecule has 3 aromatic rings. The second-order valence-corrected chi connectivity index (χ2v) is 18.9. The zero-order valence-electron chi connectivity index (χ0n) is 34.0. The van der Waals surface area contributed by atoms with Crippen LogP contribution in [0.2, 0.25) is 0 Å². The Morgan fingerprint density at radius 3 is 2.42 bits per heavy atom. The van der Waals surface area contributed by atoms with Crippen molar-refractivity contribution < 1.29 is 37.1 Å². The van der Waals surface area contributed by atoms with Crippen molar-refractivity contribution in [2.75, 3.05) is 20.3 Å². The van der Waals surface area contributed by atoms with Gasteiger partial charge in [-0.2, -0.15) is 15.0 Å². The van der Waals surface area contributed by atoms with Crippen molar-refractivity contribution in [3.05, 3.63) is 72.8 Å². The van der Waals surface area contributed by atoms with E-state index < -0.39 is 74.1 Å². The van der Waals surface area contributed by atoms with E-state index in [1.165, 1.54) is 15.8 Å². The Kier molecular flexibility index (Phi) is 11.7. The van der Waals surface area contributed by atoms with Gasteiger partial charge in [-0.15, -0.1) is 6.58 Å². The SMILES string of the molecule is C=C[C@@H]1C[C@]1(NC(=O)[C@@H]1C[C@@H]2CN1C(=O)[C@H](C(C)(C)C)NC(=O)OCCCCC/C=C/c1cccc(c1)-c1nn2nc1-c1ccc(OC)cc1)C(=O)NS(=O)(=O)C1CC1. The van der Waals surface area contributed by atoms with Crippen LogP contribution in [0.25, 0.3) is 28.6 Å². The van der Waals surface area contributed by atoms with Crippen LogP contribution >= 0.6 is 0 Å². The molecule has 3 fully saturated rings. The van der Waals surface area contributed by atoms with E-state index in [2.05, 4.69) is 34.1 Å². The van der Waals surface area contributed by atoms with Crippen molar-refractivity contribution in [1.82, 2.24) is 35.2 Å². The molecule has 0 spiro atoms. The summed E-state index contributed by atoms with van der Waals surface area (Å²) in [4.78, 5) is 59.1. The number of aromatic nitrogens is 3. The van der Waals surface area contributed by atoms with E-state index in [1.807, 2.05) is 69.3 Å². The Balaban J connectivity index is 1.28. The maximum atomic E-state index is 14.8. The number of carbonyl (C=O) groups is 4. The number of nitrogens with one attached hydrogen (secondary N) is 3. The van der Waals surface area contributed by atoms with Crippen molar-refractivity contribution in [2.24, 2.45) is 11.3 Å². The molecular weight excluding hydrogens is 775 g/mol. The van der Waals surface area contributed by atoms with Crippen LogP contribution in [0.3, 0.4) is 0 Å². The van der Waals surface area contributed by atoms with Gasteiger partial charge in [0.15, 0.2) is 0 Å². The number of sulfonamides is 1. The first-order chi connectivity index (χ1) is 28.1. The number of amides is 4. The van der Waals surface area contributed by atoms with E-state index in [0.717, 1.165) is 36.0 Å². The predicted octanol–water partition coefficient (Wildman–Crippen LogP) is 5.16. The van der Waals surface area contributed by atoms with Crippen molar-refractivity contribution in [3.8, 4) is 28.3 Å². The summed E-state index contributed by atoms with van der Waals surface area (Å²) in [5.74, 6) is -1.89. The molecule has 314 valence electrons. The number of hydrogen-bond donors (Lipinski definition) is 3. The molecule has 6 bridgehead atoms. The molecule has 3 heterocycles. The van der Waals surface area contributed by atoms with Crippen molar-refractivity contribution in [2.45, 2.75) is 101 Å². The van der Waals surface area contributed by atoms with Crippen LogP contribution in [0.5, 0.6) is 5.75 Å². The van der Waals surface area contributed by atoms with Crippen molar-refractivity contribution >= 4 is 39.9 Å². The number of alkyl carbamates (subject to hydrolysis) is 1. The van der Waals surface area contributed by atoms with E-state index in [1.54, 1.807) is 7.11 Å². The molecule has 2 aliphatic carbocycles. The van der Waals surface area contributed by atoms with E-state index in [4.69, 9.17) is 19.7 Å². The highest BCUT2D eigenvalue weighted by molar-refractivity contribution is 7.91. The summed E-state index contributed by atoms with van der Waals surface area (Å²) < 4.78 is 38.8. The van der Waals surface area contributed by atoms with E-state index in [0.29, 0.717) is 36.4 Å². The van der Waals surface area contributed by atoms with Gasteiger partial charge in [0.1, 0.15) is 34.8 Å². The molecule has 16 heteroatoms. The molecule has 1 saturated heterocycles. The largest absolute Gasteiger partial charge is 0.497 e. The smallest absolute Gasteiger partial charge is 0.407 e. The first-order valence-electron chi connectivity index (χ1n) is 20.3. The van der Waals surface area contributed by atoms with Gasteiger partial charge in [-0.25, -0.2) is 13.2 Å². The van der Waals surface area contributed by atoms with Crippen LogP contribution < -0.4 is 20.1 Å². The van der Waals surface area contributed by atoms with Crippen LogP contribution in [-0.2, 0) is 29.1 Å². The lowest BCUT2D eigenvalue weighted by atomic mass is 9.85. The lowest BCUT2D eigenvalue weighted by Gasteiger charge is -2.35. The topological polar surface area (TPSA) is 191 Å². The highest BCUT2D eigenvalue weighted by atomic mass is 32.2. The summed E-state index contributed by atoms with van der Waals surface area (Å²) in [7, 11) is -2.33. The molecule has 15 nitrogen and oxygen atoms in total. The molecule has 59 heavy (non-hydrogen) atoms. The van der Waals surface area contributed by atoms with Gasteiger partial charge >= 0.3 is 6.09 Å². The molecule has 2 aliphatic heterocycles. The van der Waals surface area contributed by atoms with Gasteiger partial charge in [0, 0.05) is 30.0 Å². The minimum atomic E-state index is -3.92. The minimum absolute atomic E-state index is 0.0146. The van der Waals surface area contributed by atoms with Gasteiger partial charge < -0.3 is 25.0 Å². The van der Waals surface area contributed by atoms with Crippen LogP contribution in [-0.4, -0.2) is 95.3 Å². The second-order valence-electron chi connectivity index (χ2n) is 17.0. The number of cyclic esters (lactones) is 1. The summed E-state index contributed by atoms with van der Waals surface area (Å²) in [5.41, 5.74) is 1.37. The van der Waals surface area contributed by atoms with Gasteiger partial charge in [-0.3, -0.25) is 19.1 Å². The van der Waals surface area contributed by atoms with Crippen LogP contribution in [0.15, 0.2) is 67.3 Å². The van der Waals surface area contributed by atoms with Crippen molar-refractivity contribution in [3.63, 3.8) is 0 Å². The highest BCUT2D eigenvalue weighted by Crippen LogP contribution is 2.46. The number of rotatable bonds is 8. The number of nitrogens with zero attached hydrogens (tertiary/aromatic N) is 4. The number of carbonyl (C=O) groups excluding carboxylic acids is 4. The molecular formula is C43H53N7O8S. The van der Waals surface area contributed by atoms with Gasteiger partial charge in [-0.1, -0.05) is 57.2 Å². The Hall–Kier alpha value is -5.51. The van der Waals surface area contributed by atoms with Crippen LogP contribution in [0.4, 0.5) is 4.79 Å². The monoisotopic (exact) mass is 827 g/mol. The maximum Gasteiger partial charge on any atom is 0.407 e. The fourth-order valence-electron chi connectivity index (χ4n) is 7.80. The second kappa shape index (κ2) is 16.6. The molecule has 7 rings (SSSR count). The first-order valence-corrected chi connectivity index (χ1v) is 21.8. The molecule has 4 amide bonds. The predicted molar refractivity (Wildman–Crippen MR) is 221 cm³/mol. The molecule has 4 aliphatic rings. The van der Waals surface area contributed by atoms with Crippen molar-refractivity contribution in [1.29, 1.82) is 0 Å². The average molecular weight is 828 g/mol. The van der Waals surface area contributed by atoms with Gasteiger partial charge in [0.25, 0.3) is 5.91 Å². The molecule has 0 unspecified atom stereocenters. The van der Waals surface area contributed by atoms with Gasteiger partial charge in [-0.05, 0) is 86.3 Å². The lowest BCUT2D eigenvalue weighted by Crippen LogP contribution is -2.60. The standard InChI is InChI=1S/C43H53N7O8S/c1-6-30-25-43(30,40(53)48-59(55,56)33-20-21-33)45-38(51)34-24-31-26-49(34)39(52)37(42(2,3)4)44-41(54)58-22-11-9-7-8-10-13-27-14-12-15-29(23-27)36-35(46-50(31)47-36)28-16-18-32(57-5)19-17-28/h6,10,12-19,23,30-31,33-34,37H,1,7-9,11,20-22,24-26H2,2-5H3,(H,44,54)(H,45,51)(H,48,53)/b13-10+/t30-,31-,34+,37-,43-/m1/s1. The normalized spacial score (nSPS) is 25.7. The zero-order valence-corrected chi connectivity index (χ0v) is 34.8. The Labute approximate surface area is 345 Å². The summed E-state index contributed by atoms with van der Waals surface area (Å²) in [6, 6.07) is 12.5. The summed E-state index contributed by atoms with van der Waals surface area (Å²) >= 11 is 0. The number of fused-ring (bicyclic) bond motifs is 8. The fourth-order valence-corrected chi connectivity index (χ4v) is 9.17. The van der Waals surface area contributed by atoms with E-state index in [9.17, 15) is 27.6 Å². The van der Waals surface area contributed by atoms with Gasteiger partial charge in [0.2, 0.25) is 21.8 Å². The molecule has 1 aromatic heterocycles. The summed E-state index contributed by atoms with van der Waals surface area (Å²) in [5, 5.41) is 15.0. The number of allylic oxidation sites excluding steroid dienone is 1. The summed E-state index contributed by atoms with van der Waals surface area (Å²) in [6.45, 7) is 9.39. The number of ether oxygens (including phenoxy) is 2. The summed E-state index contributed by atoms with van der Waals surface area (Å²) in [6.07, 6.45) is 9.26. The average Bonchev–Trinajstić information content (AvgIpc) is 4.10. The zero-order chi connectivity index (χ0) is 42.1. The van der Waals surface area contributed by atoms with Crippen LogP contribution in [0, 0.1) is 11.3 Å². The lowest BCUT2D eigenvalue weighted by molar-refractivity contribution is -0.142. The number of methoxy groups -OCH3 is 1. The highest BCUT2D eigenvalue weighted by Gasteiger charge is 2.62. The Morgan fingerprint density at radius 1 is 1.03 bits per heavy atom. The quantitative estimate of drug-likeness (QED) is 0.256. The Morgan fingerprint density at radius 2 is 1.76 bits per heavy atom. The Bertz CT molecular complexity index is 2240. The van der Waals surface area contributed by atoms with Gasteiger partial charge in [0.05, 0.1) is 25.0 Å². The molecule has 2 aromatic carbocycles. The van der Waals surface area contributed by atoms with E-state index in [-0.39, 0.29) is 26.0 Å². The third-order valence-corrected chi connectivity index (χ3v) is 13.3. The maximum absolute atomic E-state index is 14.8. The fraction of sp³-hybridized carbons (Fsp3) is 0.488. The molecule has 2 saturated carbocycles. The van der Waals surface area contributed by atoms with Crippen LogP contribution in [0.1, 0.15) is 83.7 Å². The third-order valence-electron chi connectivity index (χ3n) is 11.5. The third kappa shape index (κ3) is 9.07. The number of benzene rings is 2. The minimum Gasteiger partial charge on any atom is -0.497 e. The molecule has 3 N–H and O–H groups in total. The molecule has 5 atom stereocenters. The first kappa shape index (κ1) is 41.6. The van der Waals surface area contributed by atoms with E-state index >= 15 is 0 Å². The molecule has 0 radical (unpaired) electrons.